The Morgan fingerprint density at radius 1 is 0.686 bits per heavy atom. The number of rotatable bonds is 17. The third-order valence-electron chi connectivity index (χ3n) is 4.71. The molecule has 0 saturated carbocycles. The molecule has 0 aromatic rings. The fraction of sp³-hybridized carbons (Fsp3) is 0.650. The predicted octanol–water partition coefficient (Wildman–Crippen LogP) is -3.69. The number of nitrogens with two attached hydrogens (primary N) is 4. The molecule has 0 spiro atoms. The fourth-order valence-corrected chi connectivity index (χ4v) is 2.91. The molecule has 0 aromatic carbocycles. The zero-order valence-corrected chi connectivity index (χ0v) is 19.7. The van der Waals surface area contributed by atoms with Gasteiger partial charge in [0.15, 0.2) is 0 Å². The first-order chi connectivity index (χ1) is 16.1. The lowest BCUT2D eigenvalue weighted by atomic mass is 10.0. The zero-order chi connectivity index (χ0) is 27.3. The van der Waals surface area contributed by atoms with E-state index in [0.717, 1.165) is 0 Å². The average Bonchev–Trinajstić information content (AvgIpc) is 2.72. The second kappa shape index (κ2) is 15.2. The molecule has 0 saturated heterocycles. The molecular formula is C20H35N7O8. The summed E-state index contributed by atoms with van der Waals surface area (Å²) in [5.74, 6) is -6.55. The topological polar surface area (TPSA) is 280 Å². The van der Waals surface area contributed by atoms with Crippen LogP contribution >= 0.6 is 0 Å². The maximum atomic E-state index is 12.8. The van der Waals surface area contributed by atoms with Gasteiger partial charge >= 0.3 is 5.97 Å². The Balaban J connectivity index is 5.51. The van der Waals surface area contributed by atoms with Gasteiger partial charge in [0.1, 0.15) is 18.1 Å². The molecule has 0 radical (unpaired) electrons. The van der Waals surface area contributed by atoms with E-state index in [1.54, 1.807) is 13.8 Å². The van der Waals surface area contributed by atoms with Crippen molar-refractivity contribution >= 4 is 41.4 Å². The van der Waals surface area contributed by atoms with Crippen molar-refractivity contribution in [1.82, 2.24) is 16.0 Å². The van der Waals surface area contributed by atoms with E-state index in [1.807, 2.05) is 0 Å². The lowest BCUT2D eigenvalue weighted by molar-refractivity contribution is -0.143. The minimum Gasteiger partial charge on any atom is -0.480 e. The number of hydrogen-bond acceptors (Lipinski definition) is 8. The van der Waals surface area contributed by atoms with Crippen molar-refractivity contribution < 1.29 is 38.7 Å². The molecule has 4 atom stereocenters. The first kappa shape index (κ1) is 31.2. The molecule has 0 fully saturated rings. The monoisotopic (exact) mass is 501 g/mol. The van der Waals surface area contributed by atoms with Gasteiger partial charge in [0.05, 0.1) is 12.5 Å². The lowest BCUT2D eigenvalue weighted by Crippen LogP contribution is -2.58. The van der Waals surface area contributed by atoms with E-state index in [2.05, 4.69) is 16.0 Å². The summed E-state index contributed by atoms with van der Waals surface area (Å²) in [6.07, 6.45) is -1.38. The Labute approximate surface area is 202 Å². The third kappa shape index (κ3) is 13.5. The molecule has 6 amide bonds. The Bertz CT molecular complexity index is 817. The summed E-state index contributed by atoms with van der Waals surface area (Å²) in [5.41, 5.74) is 20.9. The smallest absolute Gasteiger partial charge is 0.326 e. The van der Waals surface area contributed by atoms with Gasteiger partial charge in [-0.1, -0.05) is 13.8 Å². The molecule has 15 heteroatoms. The van der Waals surface area contributed by atoms with Crippen LogP contribution in [-0.2, 0) is 33.6 Å². The van der Waals surface area contributed by atoms with Crippen molar-refractivity contribution in [3.63, 3.8) is 0 Å². The average molecular weight is 502 g/mol. The highest BCUT2D eigenvalue weighted by molar-refractivity contribution is 5.96. The fourth-order valence-electron chi connectivity index (χ4n) is 2.91. The zero-order valence-electron chi connectivity index (χ0n) is 19.7. The van der Waals surface area contributed by atoms with Gasteiger partial charge in [0.25, 0.3) is 0 Å². The van der Waals surface area contributed by atoms with E-state index in [0.29, 0.717) is 0 Å². The SMILES string of the molecule is CC(C)CC(NC(=O)C(CC(N)=O)NC(=O)C(N)CCC(N)=O)C(=O)NC(CCC(N)=O)C(=O)O. The number of carbonyl (C=O) groups excluding carboxylic acids is 6. The summed E-state index contributed by atoms with van der Waals surface area (Å²) in [7, 11) is 0. The number of carboxylic acids is 1. The van der Waals surface area contributed by atoms with Crippen LogP contribution < -0.4 is 38.9 Å². The van der Waals surface area contributed by atoms with Crippen LogP contribution in [-0.4, -0.2) is 70.7 Å². The van der Waals surface area contributed by atoms with Crippen molar-refractivity contribution in [2.75, 3.05) is 0 Å². The molecular weight excluding hydrogens is 466 g/mol. The molecule has 0 bridgehead atoms. The Hall–Kier alpha value is -3.75. The van der Waals surface area contributed by atoms with E-state index in [4.69, 9.17) is 22.9 Å². The quantitative estimate of drug-likeness (QED) is 0.0971. The van der Waals surface area contributed by atoms with Gasteiger partial charge in [0, 0.05) is 12.8 Å². The first-order valence-electron chi connectivity index (χ1n) is 10.9. The third-order valence-corrected chi connectivity index (χ3v) is 4.71. The molecule has 35 heavy (non-hydrogen) atoms. The minimum atomic E-state index is -1.49. The van der Waals surface area contributed by atoms with Gasteiger partial charge in [-0.05, 0) is 25.2 Å². The van der Waals surface area contributed by atoms with Gasteiger partial charge in [-0.3, -0.25) is 28.8 Å². The number of amides is 6. The lowest BCUT2D eigenvalue weighted by Gasteiger charge is -2.25. The summed E-state index contributed by atoms with van der Waals surface area (Å²) >= 11 is 0. The van der Waals surface area contributed by atoms with Gasteiger partial charge < -0.3 is 44.0 Å². The van der Waals surface area contributed by atoms with Gasteiger partial charge in [-0.15, -0.1) is 0 Å². The van der Waals surface area contributed by atoms with E-state index in [-0.39, 0.29) is 38.0 Å². The number of carboxylic acid groups (broad SMARTS) is 1. The van der Waals surface area contributed by atoms with Crippen LogP contribution in [0.5, 0.6) is 0 Å². The molecule has 198 valence electrons. The van der Waals surface area contributed by atoms with E-state index < -0.39 is 72.0 Å². The molecule has 0 aromatic heterocycles. The second-order valence-electron chi connectivity index (χ2n) is 8.44. The van der Waals surface area contributed by atoms with Crippen LogP contribution in [0.2, 0.25) is 0 Å². The van der Waals surface area contributed by atoms with Crippen LogP contribution in [0.15, 0.2) is 0 Å². The molecule has 15 nitrogen and oxygen atoms in total. The van der Waals surface area contributed by atoms with Crippen LogP contribution in [0.25, 0.3) is 0 Å². The highest BCUT2D eigenvalue weighted by atomic mass is 16.4. The van der Waals surface area contributed by atoms with Gasteiger partial charge in [0.2, 0.25) is 35.4 Å². The molecule has 0 aliphatic rings. The Morgan fingerprint density at radius 3 is 1.60 bits per heavy atom. The Morgan fingerprint density at radius 2 is 1.14 bits per heavy atom. The van der Waals surface area contributed by atoms with Crippen LogP contribution in [0, 0.1) is 5.92 Å². The predicted molar refractivity (Wildman–Crippen MR) is 122 cm³/mol. The summed E-state index contributed by atoms with van der Waals surface area (Å²) in [6.45, 7) is 3.49. The van der Waals surface area contributed by atoms with Crippen LogP contribution in [0.3, 0.4) is 0 Å². The number of nitrogens with one attached hydrogen (secondary N) is 3. The van der Waals surface area contributed by atoms with E-state index in [1.165, 1.54) is 0 Å². The van der Waals surface area contributed by atoms with E-state index >= 15 is 0 Å². The van der Waals surface area contributed by atoms with Crippen molar-refractivity contribution in [3.8, 4) is 0 Å². The molecule has 0 rings (SSSR count). The molecule has 4 unspecified atom stereocenters. The molecule has 0 aliphatic heterocycles. The number of primary amides is 3. The largest absolute Gasteiger partial charge is 0.480 e. The van der Waals surface area contributed by atoms with E-state index in [9.17, 15) is 38.7 Å². The van der Waals surface area contributed by atoms with Gasteiger partial charge in [-0.2, -0.15) is 0 Å². The number of carbonyl (C=O) groups is 7. The summed E-state index contributed by atoms with van der Waals surface area (Å²) in [6, 6.07) is -5.38. The molecule has 12 N–H and O–H groups in total. The first-order valence-corrected chi connectivity index (χ1v) is 10.9. The van der Waals surface area contributed by atoms with Crippen LogP contribution in [0.1, 0.15) is 52.4 Å². The van der Waals surface area contributed by atoms with Crippen molar-refractivity contribution in [2.45, 2.75) is 76.5 Å². The van der Waals surface area contributed by atoms with Crippen LogP contribution in [0.4, 0.5) is 0 Å². The summed E-state index contributed by atoms with van der Waals surface area (Å²) in [4.78, 5) is 82.6. The van der Waals surface area contributed by atoms with Crippen molar-refractivity contribution in [3.05, 3.63) is 0 Å². The maximum absolute atomic E-state index is 12.8. The molecule has 0 aliphatic carbocycles. The van der Waals surface area contributed by atoms with Crippen molar-refractivity contribution in [2.24, 2.45) is 28.9 Å². The summed E-state index contributed by atoms with van der Waals surface area (Å²) < 4.78 is 0. The number of aliphatic carboxylic acids is 1. The highest BCUT2D eigenvalue weighted by Gasteiger charge is 2.31. The second-order valence-corrected chi connectivity index (χ2v) is 8.44. The maximum Gasteiger partial charge on any atom is 0.326 e. The Kier molecular flexibility index (Phi) is 13.6. The number of hydrogen-bond donors (Lipinski definition) is 8. The molecule has 0 heterocycles. The van der Waals surface area contributed by atoms with Gasteiger partial charge in [-0.25, -0.2) is 4.79 Å². The summed E-state index contributed by atoms with van der Waals surface area (Å²) in [5, 5.41) is 16.2. The highest BCUT2D eigenvalue weighted by Crippen LogP contribution is 2.08. The normalized spacial score (nSPS) is 14.2. The van der Waals surface area contributed by atoms with Crippen molar-refractivity contribution in [1.29, 1.82) is 0 Å². The minimum absolute atomic E-state index is 0.0785. The standard InChI is InChI=1S/C20H35N7O8/c1-9(2)7-12(18(32)25-11(20(34)35)4-6-15(23)29)27-19(33)13(8-16(24)30)26-17(31)10(21)3-5-14(22)28/h9-13H,3-8,21H2,1-2H3,(H2,22,28)(H2,23,29)(H2,24,30)(H,25,32)(H,26,31)(H,27,33)(H,34,35).